The van der Waals surface area contributed by atoms with Crippen LogP contribution in [0.4, 0.5) is 0 Å². The molecule has 19 heavy (non-hydrogen) atoms. The Balaban J connectivity index is 2.64. The molecule has 106 valence electrons. The molecule has 0 saturated heterocycles. The van der Waals surface area contributed by atoms with Crippen LogP contribution in [0.3, 0.4) is 0 Å². The fraction of sp³-hybridized carbons (Fsp3) is 0.562. The molecular weight excluding hydrogens is 236 g/mol. The molecule has 1 aromatic rings. The van der Waals surface area contributed by atoms with Gasteiger partial charge in [-0.25, -0.2) is 0 Å². The van der Waals surface area contributed by atoms with Crippen LogP contribution in [-0.2, 0) is 4.79 Å². The summed E-state index contributed by atoms with van der Waals surface area (Å²) in [5, 5.41) is 6.34. The van der Waals surface area contributed by atoms with Crippen LogP contribution in [0.1, 0.15) is 51.8 Å². The van der Waals surface area contributed by atoms with Gasteiger partial charge in [0.15, 0.2) is 0 Å². The molecular formula is C16H26N2O. The third-order valence-electron chi connectivity index (χ3n) is 3.05. The standard InChI is InChI=1S/C16H26N2O/c1-11-9-7-8-10-14(11)12(2)17-13(3)15(19)18-16(4,5)6/h7-10,12-13,17H,1-6H3,(H,18,19). The topological polar surface area (TPSA) is 41.1 Å². The van der Waals surface area contributed by atoms with Crippen molar-refractivity contribution in [3.05, 3.63) is 35.4 Å². The van der Waals surface area contributed by atoms with Gasteiger partial charge in [0.2, 0.25) is 5.91 Å². The summed E-state index contributed by atoms with van der Waals surface area (Å²) in [4.78, 5) is 12.0. The summed E-state index contributed by atoms with van der Waals surface area (Å²) in [6.07, 6.45) is 0. The highest BCUT2D eigenvalue weighted by Crippen LogP contribution is 2.17. The van der Waals surface area contributed by atoms with Gasteiger partial charge >= 0.3 is 0 Å². The van der Waals surface area contributed by atoms with Crippen LogP contribution in [0, 0.1) is 6.92 Å². The molecule has 0 heterocycles. The van der Waals surface area contributed by atoms with E-state index in [1.165, 1.54) is 11.1 Å². The Hall–Kier alpha value is -1.35. The minimum absolute atomic E-state index is 0.0351. The van der Waals surface area contributed by atoms with Crippen molar-refractivity contribution < 1.29 is 4.79 Å². The number of carbonyl (C=O) groups excluding carboxylic acids is 1. The largest absolute Gasteiger partial charge is 0.350 e. The maximum absolute atomic E-state index is 12.0. The van der Waals surface area contributed by atoms with Gasteiger partial charge in [-0.1, -0.05) is 24.3 Å². The molecule has 0 fully saturated rings. The number of carbonyl (C=O) groups is 1. The molecule has 0 radical (unpaired) electrons. The van der Waals surface area contributed by atoms with Crippen LogP contribution < -0.4 is 10.6 Å². The van der Waals surface area contributed by atoms with Crippen molar-refractivity contribution in [2.45, 2.75) is 59.2 Å². The molecule has 3 heteroatoms. The summed E-state index contributed by atoms with van der Waals surface area (Å²) >= 11 is 0. The average Bonchev–Trinajstić information content (AvgIpc) is 2.27. The molecule has 0 aliphatic rings. The van der Waals surface area contributed by atoms with Crippen molar-refractivity contribution in [2.24, 2.45) is 0 Å². The van der Waals surface area contributed by atoms with Gasteiger partial charge in [-0.15, -0.1) is 0 Å². The SMILES string of the molecule is Cc1ccccc1C(C)NC(C)C(=O)NC(C)(C)C. The first-order valence-corrected chi connectivity index (χ1v) is 6.84. The van der Waals surface area contributed by atoms with Crippen LogP contribution >= 0.6 is 0 Å². The quantitative estimate of drug-likeness (QED) is 0.876. The second-order valence-corrected chi connectivity index (χ2v) is 6.21. The lowest BCUT2D eigenvalue weighted by Gasteiger charge is -2.26. The third-order valence-corrected chi connectivity index (χ3v) is 3.05. The molecule has 2 N–H and O–H groups in total. The molecule has 0 bridgehead atoms. The Labute approximate surface area is 116 Å². The Morgan fingerprint density at radius 1 is 1.16 bits per heavy atom. The van der Waals surface area contributed by atoms with Crippen molar-refractivity contribution in [1.82, 2.24) is 10.6 Å². The number of benzene rings is 1. The maximum atomic E-state index is 12.0. The second-order valence-electron chi connectivity index (χ2n) is 6.21. The normalized spacial score (nSPS) is 14.8. The molecule has 2 atom stereocenters. The van der Waals surface area contributed by atoms with Gasteiger partial charge in [0.05, 0.1) is 6.04 Å². The first-order valence-electron chi connectivity index (χ1n) is 6.84. The maximum Gasteiger partial charge on any atom is 0.237 e. The van der Waals surface area contributed by atoms with Gasteiger partial charge < -0.3 is 5.32 Å². The molecule has 2 unspecified atom stereocenters. The molecule has 0 spiro atoms. The smallest absolute Gasteiger partial charge is 0.237 e. The lowest BCUT2D eigenvalue weighted by molar-refractivity contribution is -0.124. The van der Waals surface area contributed by atoms with Crippen LogP contribution in [0.15, 0.2) is 24.3 Å². The molecule has 0 aliphatic carbocycles. The highest BCUT2D eigenvalue weighted by Gasteiger charge is 2.21. The predicted octanol–water partition coefficient (Wildman–Crippen LogP) is 2.95. The van der Waals surface area contributed by atoms with Gasteiger partial charge in [-0.2, -0.15) is 0 Å². The summed E-state index contributed by atoms with van der Waals surface area (Å²) in [5.74, 6) is 0.0351. The van der Waals surface area contributed by atoms with Crippen molar-refractivity contribution in [2.75, 3.05) is 0 Å². The van der Waals surface area contributed by atoms with E-state index in [-0.39, 0.29) is 23.5 Å². The van der Waals surface area contributed by atoms with Crippen LogP contribution in [0.5, 0.6) is 0 Å². The zero-order valence-electron chi connectivity index (χ0n) is 12.9. The van der Waals surface area contributed by atoms with E-state index in [0.717, 1.165) is 0 Å². The van der Waals surface area contributed by atoms with Crippen molar-refractivity contribution in [1.29, 1.82) is 0 Å². The first-order chi connectivity index (χ1) is 8.70. The van der Waals surface area contributed by atoms with Crippen LogP contribution in [0.25, 0.3) is 0 Å². The highest BCUT2D eigenvalue weighted by atomic mass is 16.2. The minimum Gasteiger partial charge on any atom is -0.350 e. The van der Waals surface area contributed by atoms with E-state index in [4.69, 9.17) is 0 Å². The summed E-state index contributed by atoms with van der Waals surface area (Å²) in [6.45, 7) is 12.0. The Kier molecular flexibility index (Phi) is 5.12. The van der Waals surface area contributed by atoms with Gasteiger partial charge in [0.1, 0.15) is 0 Å². The van der Waals surface area contributed by atoms with E-state index >= 15 is 0 Å². The monoisotopic (exact) mass is 262 g/mol. The van der Waals surface area contributed by atoms with Crippen molar-refractivity contribution in [3.8, 4) is 0 Å². The van der Waals surface area contributed by atoms with E-state index in [1.54, 1.807) is 0 Å². The fourth-order valence-electron chi connectivity index (χ4n) is 2.09. The van der Waals surface area contributed by atoms with E-state index in [9.17, 15) is 4.79 Å². The molecule has 1 rings (SSSR count). The average molecular weight is 262 g/mol. The molecule has 3 nitrogen and oxygen atoms in total. The lowest BCUT2D eigenvalue weighted by Crippen LogP contribution is -2.50. The predicted molar refractivity (Wildman–Crippen MR) is 80.1 cm³/mol. The zero-order valence-corrected chi connectivity index (χ0v) is 12.9. The van der Waals surface area contributed by atoms with E-state index in [2.05, 4.69) is 36.6 Å². The Bertz CT molecular complexity index is 435. The third kappa shape index (κ3) is 5.03. The molecule has 1 amide bonds. The van der Waals surface area contributed by atoms with Gasteiger partial charge in [-0.05, 0) is 52.7 Å². The number of amides is 1. The summed E-state index contributed by atoms with van der Waals surface area (Å²) in [7, 11) is 0. The molecule has 1 aromatic carbocycles. The Morgan fingerprint density at radius 3 is 2.26 bits per heavy atom. The molecule has 0 saturated carbocycles. The Morgan fingerprint density at radius 2 is 1.74 bits per heavy atom. The van der Waals surface area contributed by atoms with Gasteiger partial charge in [0, 0.05) is 11.6 Å². The van der Waals surface area contributed by atoms with E-state index in [1.807, 2.05) is 39.8 Å². The van der Waals surface area contributed by atoms with Crippen LogP contribution in [-0.4, -0.2) is 17.5 Å². The first kappa shape index (κ1) is 15.7. The number of rotatable bonds is 4. The number of nitrogens with one attached hydrogen (secondary N) is 2. The van der Waals surface area contributed by atoms with E-state index in [0.29, 0.717) is 0 Å². The van der Waals surface area contributed by atoms with Gasteiger partial charge in [-0.3, -0.25) is 10.1 Å². The van der Waals surface area contributed by atoms with Crippen LogP contribution in [0.2, 0.25) is 0 Å². The van der Waals surface area contributed by atoms with Crippen molar-refractivity contribution >= 4 is 5.91 Å². The summed E-state index contributed by atoms with van der Waals surface area (Å²) in [6, 6.07) is 8.19. The number of aryl methyl sites for hydroxylation is 1. The second kappa shape index (κ2) is 6.20. The molecule has 0 aromatic heterocycles. The lowest BCUT2D eigenvalue weighted by atomic mass is 10.0. The zero-order chi connectivity index (χ0) is 14.6. The molecule has 0 aliphatic heterocycles. The number of hydrogen-bond donors (Lipinski definition) is 2. The fourth-order valence-corrected chi connectivity index (χ4v) is 2.09. The summed E-state index contributed by atoms with van der Waals surface area (Å²) < 4.78 is 0. The van der Waals surface area contributed by atoms with Gasteiger partial charge in [0.25, 0.3) is 0 Å². The minimum atomic E-state index is -0.214. The van der Waals surface area contributed by atoms with E-state index < -0.39 is 0 Å². The summed E-state index contributed by atoms with van der Waals surface area (Å²) in [5.41, 5.74) is 2.28. The number of hydrogen-bond acceptors (Lipinski definition) is 2. The van der Waals surface area contributed by atoms with Crippen molar-refractivity contribution in [3.63, 3.8) is 0 Å². The highest BCUT2D eigenvalue weighted by molar-refractivity contribution is 5.82.